The Balaban J connectivity index is 2.31. The van der Waals surface area contributed by atoms with Crippen molar-refractivity contribution in [3.63, 3.8) is 0 Å². The van der Waals surface area contributed by atoms with Gasteiger partial charge in [-0.3, -0.25) is 4.79 Å². The van der Waals surface area contributed by atoms with E-state index in [-0.39, 0.29) is 23.0 Å². The second-order valence-corrected chi connectivity index (χ2v) is 6.29. The molecule has 2 heterocycles. The summed E-state index contributed by atoms with van der Waals surface area (Å²) in [5, 5.41) is 0.477. The number of ether oxygens (including phenoxy) is 1. The number of hydrogen-bond acceptors (Lipinski definition) is 6. The van der Waals surface area contributed by atoms with Gasteiger partial charge in [0.15, 0.2) is 5.78 Å². The quantitative estimate of drug-likeness (QED) is 0.676. The van der Waals surface area contributed by atoms with Crippen LogP contribution in [0.25, 0.3) is 21.5 Å². The van der Waals surface area contributed by atoms with E-state index < -0.39 is 6.43 Å². The van der Waals surface area contributed by atoms with Crippen LogP contribution in [0.1, 0.15) is 35.5 Å². The van der Waals surface area contributed by atoms with E-state index in [0.29, 0.717) is 33.0 Å². The summed E-state index contributed by atoms with van der Waals surface area (Å²) in [6, 6.07) is 6.00. The zero-order chi connectivity index (χ0) is 18.1. The average Bonchev–Trinajstić information content (AvgIpc) is 2.92. The molecule has 0 aliphatic rings. The third-order valence-corrected chi connectivity index (χ3v) is 4.77. The van der Waals surface area contributed by atoms with Crippen molar-refractivity contribution in [3.8, 4) is 17.3 Å². The zero-order valence-electron chi connectivity index (χ0n) is 13.5. The number of nitrogens with two attached hydrogens (primary N) is 1. The number of alkyl halides is 2. The fourth-order valence-electron chi connectivity index (χ4n) is 2.49. The van der Waals surface area contributed by atoms with Gasteiger partial charge in [-0.2, -0.15) is 9.97 Å². The summed E-state index contributed by atoms with van der Waals surface area (Å²) in [7, 11) is 0. The molecule has 8 heteroatoms. The molecule has 5 nitrogen and oxygen atoms in total. The molecule has 0 fully saturated rings. The van der Waals surface area contributed by atoms with Crippen LogP contribution < -0.4 is 10.5 Å². The normalized spacial score (nSPS) is 11.2. The number of nitrogen functional groups attached to an aromatic ring is 1. The van der Waals surface area contributed by atoms with E-state index in [1.165, 1.54) is 25.1 Å². The summed E-state index contributed by atoms with van der Waals surface area (Å²) in [6.07, 6.45) is -2.60. The van der Waals surface area contributed by atoms with E-state index in [2.05, 4.69) is 9.97 Å². The second-order valence-electron chi connectivity index (χ2n) is 5.30. The lowest BCUT2D eigenvalue weighted by molar-refractivity contribution is 0.102. The van der Waals surface area contributed by atoms with Gasteiger partial charge in [0.25, 0.3) is 6.43 Å². The summed E-state index contributed by atoms with van der Waals surface area (Å²) in [6.45, 7) is 3.55. The van der Waals surface area contributed by atoms with Crippen molar-refractivity contribution in [2.24, 2.45) is 0 Å². The summed E-state index contributed by atoms with van der Waals surface area (Å²) in [4.78, 5) is 21.2. The molecular weight excluding hydrogens is 348 g/mol. The van der Waals surface area contributed by atoms with Crippen molar-refractivity contribution in [3.05, 3.63) is 34.7 Å². The van der Waals surface area contributed by atoms with Crippen LogP contribution in [0.4, 0.5) is 14.5 Å². The Bertz CT molecular complexity index is 956. The molecule has 0 unspecified atom stereocenters. The fourth-order valence-corrected chi connectivity index (χ4v) is 3.47. The molecule has 0 aliphatic heterocycles. The number of anilines is 1. The molecule has 2 N–H and O–H groups in total. The topological polar surface area (TPSA) is 78.1 Å². The zero-order valence-corrected chi connectivity index (χ0v) is 14.4. The van der Waals surface area contributed by atoms with Crippen LogP contribution in [-0.4, -0.2) is 22.4 Å². The number of ketones is 1. The number of hydrogen-bond donors (Lipinski definition) is 1. The fraction of sp³-hybridized carbons (Fsp3) is 0.235. The van der Waals surface area contributed by atoms with E-state index in [1.807, 2.05) is 0 Å². The Morgan fingerprint density at radius 1 is 1.36 bits per heavy atom. The van der Waals surface area contributed by atoms with Gasteiger partial charge in [0.05, 0.1) is 28.3 Å². The Labute approximate surface area is 146 Å². The number of thiophene rings is 1. The molecule has 3 aromatic rings. The van der Waals surface area contributed by atoms with Gasteiger partial charge in [0, 0.05) is 18.1 Å². The smallest absolute Gasteiger partial charge is 0.318 e. The highest BCUT2D eigenvalue weighted by molar-refractivity contribution is 7.21. The van der Waals surface area contributed by atoms with Crippen molar-refractivity contribution >= 4 is 33.0 Å². The summed E-state index contributed by atoms with van der Waals surface area (Å²) >= 11 is 1.14. The van der Waals surface area contributed by atoms with Gasteiger partial charge in [-0.25, -0.2) is 8.78 Å². The van der Waals surface area contributed by atoms with E-state index in [9.17, 15) is 13.6 Å². The first-order valence-corrected chi connectivity index (χ1v) is 8.36. The monoisotopic (exact) mass is 363 g/mol. The van der Waals surface area contributed by atoms with Gasteiger partial charge in [-0.15, -0.1) is 11.3 Å². The predicted molar refractivity (Wildman–Crippen MR) is 93.4 cm³/mol. The van der Waals surface area contributed by atoms with Crippen molar-refractivity contribution < 1.29 is 18.3 Å². The maximum Gasteiger partial charge on any atom is 0.318 e. The Morgan fingerprint density at radius 2 is 2.12 bits per heavy atom. The van der Waals surface area contributed by atoms with Crippen LogP contribution in [0.15, 0.2) is 24.3 Å². The molecule has 0 amide bonds. The van der Waals surface area contributed by atoms with Crippen LogP contribution in [0, 0.1) is 0 Å². The molecule has 130 valence electrons. The molecule has 0 bridgehead atoms. The molecule has 0 spiro atoms. The summed E-state index contributed by atoms with van der Waals surface area (Å²) < 4.78 is 31.5. The first-order chi connectivity index (χ1) is 11.9. The first kappa shape index (κ1) is 17.2. The van der Waals surface area contributed by atoms with Gasteiger partial charge >= 0.3 is 6.01 Å². The second kappa shape index (κ2) is 6.72. The predicted octanol–water partition coefficient (Wildman–Crippen LogP) is 4.48. The van der Waals surface area contributed by atoms with Crippen LogP contribution in [-0.2, 0) is 0 Å². The molecule has 0 saturated carbocycles. The lowest BCUT2D eigenvalue weighted by Gasteiger charge is -2.09. The van der Waals surface area contributed by atoms with Gasteiger partial charge in [-0.05, 0) is 13.0 Å². The highest BCUT2D eigenvalue weighted by Crippen LogP contribution is 2.40. The average molecular weight is 363 g/mol. The van der Waals surface area contributed by atoms with Crippen molar-refractivity contribution in [1.82, 2.24) is 9.97 Å². The number of fused-ring (bicyclic) bond motifs is 1. The molecule has 0 atom stereocenters. The molecule has 0 radical (unpaired) electrons. The lowest BCUT2D eigenvalue weighted by atomic mass is 10.0. The molecule has 25 heavy (non-hydrogen) atoms. The molecule has 2 aromatic heterocycles. The minimum absolute atomic E-state index is 0.115. The van der Waals surface area contributed by atoms with E-state index in [1.54, 1.807) is 13.0 Å². The minimum Gasteiger partial charge on any atom is -0.464 e. The number of carbonyl (C=O) groups is 1. The number of aromatic nitrogens is 2. The van der Waals surface area contributed by atoms with Gasteiger partial charge in [0.1, 0.15) is 4.83 Å². The Kier molecular flexibility index (Phi) is 4.63. The molecule has 1 aromatic carbocycles. The minimum atomic E-state index is -2.60. The lowest BCUT2D eigenvalue weighted by Crippen LogP contribution is -2.00. The van der Waals surface area contributed by atoms with Crippen LogP contribution in [0.5, 0.6) is 6.01 Å². The SMILES string of the molecule is CCOc1nc(-c2cccc(C(F)F)c2)c2c(N)c(C(C)=O)sc2n1. The third kappa shape index (κ3) is 3.17. The first-order valence-electron chi connectivity index (χ1n) is 7.54. The number of benzene rings is 1. The van der Waals surface area contributed by atoms with Gasteiger partial charge < -0.3 is 10.5 Å². The van der Waals surface area contributed by atoms with Crippen LogP contribution in [0.2, 0.25) is 0 Å². The molecule has 0 saturated heterocycles. The number of Topliss-reactive ketones (excluding diaryl/α,β-unsaturated/α-hetero) is 1. The number of nitrogens with zero attached hydrogens (tertiary/aromatic N) is 2. The van der Waals surface area contributed by atoms with Crippen molar-refractivity contribution in [1.29, 1.82) is 0 Å². The largest absolute Gasteiger partial charge is 0.464 e. The van der Waals surface area contributed by atoms with Crippen molar-refractivity contribution in [2.45, 2.75) is 20.3 Å². The number of rotatable bonds is 5. The van der Waals surface area contributed by atoms with E-state index in [4.69, 9.17) is 10.5 Å². The van der Waals surface area contributed by atoms with Gasteiger partial charge in [-0.1, -0.05) is 18.2 Å². The maximum atomic E-state index is 13.0. The van der Waals surface area contributed by atoms with E-state index >= 15 is 0 Å². The van der Waals surface area contributed by atoms with Crippen molar-refractivity contribution in [2.75, 3.05) is 12.3 Å². The maximum absolute atomic E-state index is 13.0. The van der Waals surface area contributed by atoms with Gasteiger partial charge in [0.2, 0.25) is 0 Å². The summed E-state index contributed by atoms with van der Waals surface area (Å²) in [5.74, 6) is -0.189. The molecular formula is C17H15F2N3O2S. The number of carbonyl (C=O) groups excluding carboxylic acids is 1. The number of halogens is 2. The summed E-state index contributed by atoms with van der Waals surface area (Å²) in [5.41, 5.74) is 7.09. The molecule has 0 aliphatic carbocycles. The van der Waals surface area contributed by atoms with E-state index in [0.717, 1.165) is 11.3 Å². The standard InChI is InChI=1S/C17H15F2N3O2S/c1-3-24-17-21-13(9-5-4-6-10(7-9)15(18)19)11-12(20)14(8(2)23)25-16(11)22-17/h4-7,15H,3,20H2,1-2H3. The highest BCUT2D eigenvalue weighted by Gasteiger charge is 2.21. The highest BCUT2D eigenvalue weighted by atomic mass is 32.1. The molecule has 3 rings (SSSR count). The van der Waals surface area contributed by atoms with Crippen LogP contribution in [0.3, 0.4) is 0 Å². The Morgan fingerprint density at radius 3 is 2.76 bits per heavy atom. The van der Waals surface area contributed by atoms with Crippen LogP contribution >= 0.6 is 11.3 Å². The third-order valence-electron chi connectivity index (χ3n) is 3.57. The Hall–Kier alpha value is -2.61.